The van der Waals surface area contributed by atoms with Crippen molar-refractivity contribution < 1.29 is 19.1 Å². The van der Waals surface area contributed by atoms with E-state index in [1.54, 1.807) is 13.0 Å². The number of carbonyl (C=O) groups is 2. The molecule has 0 aliphatic carbocycles. The van der Waals surface area contributed by atoms with Crippen molar-refractivity contribution in [3.8, 4) is 6.07 Å². The molecule has 0 N–H and O–H groups in total. The van der Waals surface area contributed by atoms with Crippen molar-refractivity contribution in [3.63, 3.8) is 0 Å². The molecule has 2 aliphatic heterocycles. The Kier molecular flexibility index (Phi) is 10.2. The molecule has 0 atom stereocenters. The maximum atomic E-state index is 12.4. The van der Waals surface area contributed by atoms with Crippen molar-refractivity contribution in [1.29, 1.82) is 5.26 Å². The molecule has 0 bridgehead atoms. The lowest BCUT2D eigenvalue weighted by Gasteiger charge is -2.28. The van der Waals surface area contributed by atoms with Gasteiger partial charge in [-0.05, 0) is 93.0 Å². The highest BCUT2D eigenvalue weighted by Gasteiger charge is 2.14. The van der Waals surface area contributed by atoms with Crippen LogP contribution in [0.2, 0.25) is 0 Å². The molecule has 0 spiro atoms. The summed E-state index contributed by atoms with van der Waals surface area (Å²) in [5.41, 5.74) is 4.38. The average molecular weight is 528 g/mol. The van der Waals surface area contributed by atoms with Gasteiger partial charge in [0.1, 0.15) is 24.9 Å². The van der Waals surface area contributed by atoms with Gasteiger partial charge in [0, 0.05) is 43.1 Å². The summed E-state index contributed by atoms with van der Waals surface area (Å²) in [6, 6.07) is 17.9. The monoisotopic (exact) mass is 527 g/mol. The summed E-state index contributed by atoms with van der Waals surface area (Å²) in [6.07, 6.45) is 10.7. The zero-order chi connectivity index (χ0) is 27.5. The molecule has 7 nitrogen and oxygen atoms in total. The Balaban J connectivity index is 1.22. The van der Waals surface area contributed by atoms with Crippen molar-refractivity contribution in [2.75, 3.05) is 49.2 Å². The van der Waals surface area contributed by atoms with E-state index in [1.807, 2.05) is 42.5 Å². The lowest BCUT2D eigenvalue weighted by Crippen LogP contribution is -2.29. The Morgan fingerprint density at radius 1 is 0.718 bits per heavy atom. The molecule has 2 saturated heterocycles. The number of piperidine rings is 2. The lowest BCUT2D eigenvalue weighted by atomic mass is 10.1. The molecule has 0 amide bonds. The van der Waals surface area contributed by atoms with Crippen LogP contribution in [0.5, 0.6) is 0 Å². The van der Waals surface area contributed by atoms with Crippen LogP contribution in [-0.2, 0) is 19.1 Å². The van der Waals surface area contributed by atoms with Crippen LogP contribution >= 0.6 is 0 Å². The Labute approximate surface area is 231 Å². The van der Waals surface area contributed by atoms with Crippen LogP contribution in [0.15, 0.2) is 59.7 Å². The van der Waals surface area contributed by atoms with Gasteiger partial charge in [-0.25, -0.2) is 9.59 Å². The van der Waals surface area contributed by atoms with E-state index in [0.717, 1.165) is 43.0 Å². The fourth-order valence-electron chi connectivity index (χ4n) is 4.94. The number of carbonyl (C=O) groups excluding carboxylic acids is 2. The SMILES string of the molecule is C/C(=C\c1ccc(N2CCCCC2)cc1)C(=O)OCCOC(=O)/C(C#N)=C/c1ccc(N2CCCCC2)cc1. The maximum absolute atomic E-state index is 12.4. The van der Waals surface area contributed by atoms with Crippen LogP contribution in [0.4, 0.5) is 11.4 Å². The van der Waals surface area contributed by atoms with Crippen molar-refractivity contribution in [2.45, 2.75) is 45.4 Å². The summed E-state index contributed by atoms with van der Waals surface area (Å²) in [4.78, 5) is 29.5. The zero-order valence-corrected chi connectivity index (χ0v) is 22.7. The molecular formula is C32H37N3O4. The van der Waals surface area contributed by atoms with Gasteiger partial charge in [-0.1, -0.05) is 24.3 Å². The highest BCUT2D eigenvalue weighted by Crippen LogP contribution is 2.22. The number of ether oxygens (including phenoxy) is 2. The molecule has 0 radical (unpaired) electrons. The first kappa shape index (κ1) is 28.0. The summed E-state index contributed by atoms with van der Waals surface area (Å²) >= 11 is 0. The molecule has 7 heteroatoms. The maximum Gasteiger partial charge on any atom is 0.349 e. The van der Waals surface area contributed by atoms with E-state index in [1.165, 1.54) is 50.3 Å². The first-order valence-corrected chi connectivity index (χ1v) is 13.9. The van der Waals surface area contributed by atoms with Crippen LogP contribution < -0.4 is 9.80 Å². The van der Waals surface area contributed by atoms with Gasteiger partial charge in [0.05, 0.1) is 0 Å². The largest absolute Gasteiger partial charge is 0.459 e. The summed E-state index contributed by atoms with van der Waals surface area (Å²) in [7, 11) is 0. The average Bonchev–Trinajstić information content (AvgIpc) is 2.99. The summed E-state index contributed by atoms with van der Waals surface area (Å²) in [6.45, 7) is 5.75. The number of nitriles is 1. The Morgan fingerprint density at radius 3 is 1.62 bits per heavy atom. The molecule has 39 heavy (non-hydrogen) atoms. The van der Waals surface area contributed by atoms with Gasteiger partial charge >= 0.3 is 11.9 Å². The number of benzene rings is 2. The Hall–Kier alpha value is -4.05. The molecule has 0 aromatic heterocycles. The fourth-order valence-corrected chi connectivity index (χ4v) is 4.94. The second-order valence-electron chi connectivity index (χ2n) is 10.0. The Bertz CT molecular complexity index is 1210. The third-order valence-electron chi connectivity index (χ3n) is 7.13. The van der Waals surface area contributed by atoms with Gasteiger partial charge in [-0.2, -0.15) is 5.26 Å². The normalized spacial score (nSPS) is 16.4. The third kappa shape index (κ3) is 8.22. The number of rotatable bonds is 9. The molecule has 204 valence electrons. The van der Waals surface area contributed by atoms with E-state index >= 15 is 0 Å². The minimum atomic E-state index is -0.741. The summed E-state index contributed by atoms with van der Waals surface area (Å²) < 4.78 is 10.4. The first-order valence-electron chi connectivity index (χ1n) is 13.9. The molecule has 0 unspecified atom stereocenters. The molecule has 2 fully saturated rings. The number of esters is 2. The summed E-state index contributed by atoms with van der Waals surface area (Å²) in [5.74, 6) is -1.22. The van der Waals surface area contributed by atoms with Gasteiger partial charge in [-0.3, -0.25) is 0 Å². The second-order valence-corrected chi connectivity index (χ2v) is 10.0. The number of hydrogen-bond donors (Lipinski definition) is 0. The molecule has 4 rings (SSSR count). The predicted octanol–water partition coefficient (Wildman–Crippen LogP) is 5.76. The summed E-state index contributed by atoms with van der Waals surface area (Å²) in [5, 5.41) is 9.44. The zero-order valence-electron chi connectivity index (χ0n) is 22.7. The lowest BCUT2D eigenvalue weighted by molar-refractivity contribution is -0.146. The molecule has 0 saturated carbocycles. The van der Waals surface area contributed by atoms with E-state index in [4.69, 9.17) is 9.47 Å². The van der Waals surface area contributed by atoms with E-state index in [-0.39, 0.29) is 18.8 Å². The first-order chi connectivity index (χ1) is 19.0. The molecular weight excluding hydrogens is 490 g/mol. The standard InChI is InChI=1S/C32H37N3O4/c1-25(22-26-8-12-29(13-9-26)34-16-4-2-5-17-34)31(36)38-20-21-39-32(37)28(24-33)23-27-10-14-30(15-11-27)35-18-6-3-7-19-35/h8-15,22-23H,2-7,16-21H2,1H3/b25-22+,28-23+. The number of nitrogens with zero attached hydrogens (tertiary/aromatic N) is 3. The van der Waals surface area contributed by atoms with Gasteiger partial charge in [0.25, 0.3) is 0 Å². The quantitative estimate of drug-likeness (QED) is 0.177. The van der Waals surface area contributed by atoms with Gasteiger partial charge in [-0.15, -0.1) is 0 Å². The van der Waals surface area contributed by atoms with Crippen molar-refractivity contribution in [1.82, 2.24) is 0 Å². The molecule has 2 aromatic carbocycles. The fraction of sp³-hybridized carbons (Fsp3) is 0.406. The van der Waals surface area contributed by atoms with Crippen LogP contribution in [0.25, 0.3) is 12.2 Å². The highest BCUT2D eigenvalue weighted by atomic mass is 16.6. The smallest absolute Gasteiger partial charge is 0.349 e. The van der Waals surface area contributed by atoms with E-state index in [2.05, 4.69) is 21.9 Å². The molecule has 2 aliphatic rings. The molecule has 2 heterocycles. The topological polar surface area (TPSA) is 82.9 Å². The number of anilines is 2. The van der Waals surface area contributed by atoms with Gasteiger partial charge in [0.2, 0.25) is 0 Å². The van der Waals surface area contributed by atoms with E-state index in [9.17, 15) is 14.9 Å². The predicted molar refractivity (Wildman–Crippen MR) is 154 cm³/mol. The minimum Gasteiger partial charge on any atom is -0.459 e. The van der Waals surface area contributed by atoms with Crippen molar-refractivity contribution >= 4 is 35.5 Å². The van der Waals surface area contributed by atoms with Crippen molar-refractivity contribution in [2.24, 2.45) is 0 Å². The highest BCUT2D eigenvalue weighted by molar-refractivity contribution is 5.98. The van der Waals surface area contributed by atoms with Gasteiger partial charge in [0.15, 0.2) is 0 Å². The van der Waals surface area contributed by atoms with Crippen LogP contribution in [0.1, 0.15) is 56.6 Å². The van der Waals surface area contributed by atoms with E-state index < -0.39 is 11.9 Å². The number of hydrogen-bond acceptors (Lipinski definition) is 7. The second kappa shape index (κ2) is 14.2. The molecule has 2 aromatic rings. The van der Waals surface area contributed by atoms with Crippen molar-refractivity contribution in [3.05, 3.63) is 70.8 Å². The Morgan fingerprint density at radius 2 is 1.15 bits per heavy atom. The van der Waals surface area contributed by atoms with Crippen LogP contribution in [0.3, 0.4) is 0 Å². The van der Waals surface area contributed by atoms with Crippen LogP contribution in [-0.4, -0.2) is 51.3 Å². The van der Waals surface area contributed by atoms with Crippen LogP contribution in [0, 0.1) is 11.3 Å². The minimum absolute atomic E-state index is 0.0904. The van der Waals surface area contributed by atoms with E-state index in [0.29, 0.717) is 5.57 Å². The van der Waals surface area contributed by atoms with Gasteiger partial charge < -0.3 is 19.3 Å². The third-order valence-corrected chi connectivity index (χ3v) is 7.13.